The van der Waals surface area contributed by atoms with Crippen molar-refractivity contribution >= 4 is 28.4 Å². The van der Waals surface area contributed by atoms with Gasteiger partial charge in [0.25, 0.3) is 5.91 Å². The number of benzene rings is 2. The maximum absolute atomic E-state index is 12.3. The highest BCUT2D eigenvalue weighted by Crippen LogP contribution is 2.21. The van der Waals surface area contributed by atoms with Crippen LogP contribution in [-0.2, 0) is 4.79 Å². The second kappa shape index (κ2) is 7.20. The van der Waals surface area contributed by atoms with Gasteiger partial charge in [-0.2, -0.15) is 5.10 Å². The molecule has 7 nitrogen and oxygen atoms in total. The number of carbonyl (C=O) groups is 2. The Kier molecular flexibility index (Phi) is 4.60. The molecule has 0 radical (unpaired) electrons. The Hall–Kier alpha value is -3.19. The zero-order valence-corrected chi connectivity index (χ0v) is 14.8. The average molecular weight is 363 g/mol. The lowest BCUT2D eigenvalue weighted by molar-refractivity contribution is -0.120. The fourth-order valence-corrected chi connectivity index (χ4v) is 3.39. The van der Waals surface area contributed by atoms with Gasteiger partial charge in [-0.05, 0) is 49.7 Å². The molecule has 1 aromatic heterocycles. The van der Waals surface area contributed by atoms with E-state index in [1.807, 2.05) is 36.5 Å². The Morgan fingerprint density at radius 2 is 2.00 bits per heavy atom. The van der Waals surface area contributed by atoms with Crippen molar-refractivity contribution in [3.63, 3.8) is 0 Å². The normalized spacial score (nSPS) is 17.0. The summed E-state index contributed by atoms with van der Waals surface area (Å²) in [5, 5.41) is 11.6. The second-order valence-electron chi connectivity index (χ2n) is 6.76. The molecule has 2 amide bonds. The van der Waals surface area contributed by atoms with Gasteiger partial charge in [-0.1, -0.05) is 12.1 Å². The first-order valence-corrected chi connectivity index (χ1v) is 9.02. The molecule has 1 unspecified atom stereocenters. The van der Waals surface area contributed by atoms with E-state index in [0.717, 1.165) is 42.7 Å². The van der Waals surface area contributed by atoms with E-state index in [0.29, 0.717) is 11.1 Å². The fraction of sp³-hybridized carbons (Fsp3) is 0.250. The quantitative estimate of drug-likeness (QED) is 0.660. The van der Waals surface area contributed by atoms with Gasteiger partial charge in [0.05, 0.1) is 17.2 Å². The Morgan fingerprint density at radius 1 is 1.19 bits per heavy atom. The van der Waals surface area contributed by atoms with E-state index >= 15 is 0 Å². The molecule has 1 aliphatic rings. The third-order valence-corrected chi connectivity index (χ3v) is 4.87. The Balaban J connectivity index is 1.53. The molecule has 1 saturated heterocycles. The lowest BCUT2D eigenvalue weighted by atomic mass is 9.99. The number of nitrogens with two attached hydrogens (primary N) is 1. The number of primary amides is 1. The van der Waals surface area contributed by atoms with Crippen molar-refractivity contribution in [3.8, 4) is 5.69 Å². The van der Waals surface area contributed by atoms with E-state index in [9.17, 15) is 9.59 Å². The maximum atomic E-state index is 12.3. The van der Waals surface area contributed by atoms with Crippen LogP contribution in [0, 0.1) is 5.92 Å². The van der Waals surface area contributed by atoms with E-state index in [-0.39, 0.29) is 11.8 Å². The van der Waals surface area contributed by atoms with Crippen LogP contribution in [0.25, 0.3) is 16.6 Å². The maximum Gasteiger partial charge on any atom is 0.250 e. The van der Waals surface area contributed by atoms with Crippen LogP contribution in [0.15, 0.2) is 48.7 Å². The number of anilines is 1. The molecule has 3 aromatic rings. The van der Waals surface area contributed by atoms with Crippen molar-refractivity contribution in [1.82, 2.24) is 15.1 Å². The van der Waals surface area contributed by atoms with Gasteiger partial charge in [-0.15, -0.1) is 0 Å². The fourth-order valence-electron chi connectivity index (χ4n) is 3.39. The summed E-state index contributed by atoms with van der Waals surface area (Å²) in [5.41, 5.74) is 7.98. The molecule has 1 aliphatic heterocycles. The summed E-state index contributed by atoms with van der Waals surface area (Å²) in [6, 6.07) is 12.8. The SMILES string of the molecule is NC(=O)c1cccc2cn(-c3ccc(NC(=O)C4CCCNC4)cc3)nc12. The Morgan fingerprint density at radius 3 is 2.70 bits per heavy atom. The lowest BCUT2D eigenvalue weighted by Gasteiger charge is -2.21. The number of carbonyl (C=O) groups excluding carboxylic acids is 2. The summed E-state index contributed by atoms with van der Waals surface area (Å²) in [6.07, 6.45) is 3.79. The molecule has 7 heteroatoms. The Bertz CT molecular complexity index is 987. The zero-order valence-electron chi connectivity index (χ0n) is 14.8. The van der Waals surface area contributed by atoms with Crippen LogP contribution in [0.5, 0.6) is 0 Å². The molecular weight excluding hydrogens is 342 g/mol. The van der Waals surface area contributed by atoms with Crippen LogP contribution in [0.2, 0.25) is 0 Å². The summed E-state index contributed by atoms with van der Waals surface area (Å²) in [6.45, 7) is 1.71. The molecule has 2 heterocycles. The van der Waals surface area contributed by atoms with Gasteiger partial charge in [-0.25, -0.2) is 4.68 Å². The van der Waals surface area contributed by atoms with Gasteiger partial charge in [0.2, 0.25) is 5.91 Å². The molecule has 0 bridgehead atoms. The van der Waals surface area contributed by atoms with Crippen LogP contribution in [0.3, 0.4) is 0 Å². The minimum Gasteiger partial charge on any atom is -0.366 e. The van der Waals surface area contributed by atoms with E-state index in [1.54, 1.807) is 16.8 Å². The number of aromatic nitrogens is 2. The van der Waals surface area contributed by atoms with Gasteiger partial charge in [0.1, 0.15) is 5.52 Å². The van der Waals surface area contributed by atoms with E-state index in [2.05, 4.69) is 15.7 Å². The van der Waals surface area contributed by atoms with Gasteiger partial charge in [0.15, 0.2) is 0 Å². The predicted octanol–water partition coefficient (Wildman–Crippen LogP) is 2.06. The second-order valence-corrected chi connectivity index (χ2v) is 6.76. The number of nitrogens with zero attached hydrogens (tertiary/aromatic N) is 2. The molecule has 138 valence electrons. The summed E-state index contributed by atoms with van der Waals surface area (Å²) < 4.78 is 1.70. The molecule has 0 saturated carbocycles. The van der Waals surface area contributed by atoms with Crippen LogP contribution < -0.4 is 16.4 Å². The number of hydrogen-bond donors (Lipinski definition) is 3. The first-order valence-electron chi connectivity index (χ1n) is 9.02. The van der Waals surface area contributed by atoms with Gasteiger partial charge in [0, 0.05) is 23.8 Å². The highest BCUT2D eigenvalue weighted by molar-refractivity contribution is 6.04. The van der Waals surface area contributed by atoms with E-state index in [1.165, 1.54) is 0 Å². The highest BCUT2D eigenvalue weighted by Gasteiger charge is 2.20. The molecule has 4 rings (SSSR count). The average Bonchev–Trinajstić information content (AvgIpc) is 3.13. The van der Waals surface area contributed by atoms with Crippen molar-refractivity contribution in [2.75, 3.05) is 18.4 Å². The van der Waals surface area contributed by atoms with E-state index in [4.69, 9.17) is 5.73 Å². The summed E-state index contributed by atoms with van der Waals surface area (Å²) >= 11 is 0. The van der Waals surface area contributed by atoms with Crippen molar-refractivity contribution in [2.24, 2.45) is 11.7 Å². The van der Waals surface area contributed by atoms with Crippen LogP contribution in [-0.4, -0.2) is 34.7 Å². The molecule has 4 N–H and O–H groups in total. The molecule has 0 spiro atoms. The number of hydrogen-bond acceptors (Lipinski definition) is 4. The number of rotatable bonds is 4. The predicted molar refractivity (Wildman–Crippen MR) is 104 cm³/mol. The lowest BCUT2D eigenvalue weighted by Crippen LogP contribution is -2.37. The van der Waals surface area contributed by atoms with E-state index < -0.39 is 5.91 Å². The Labute approximate surface area is 156 Å². The monoisotopic (exact) mass is 363 g/mol. The molecule has 0 aliphatic carbocycles. The summed E-state index contributed by atoms with van der Waals surface area (Å²) in [7, 11) is 0. The van der Waals surface area contributed by atoms with Gasteiger partial charge in [-0.3, -0.25) is 9.59 Å². The largest absolute Gasteiger partial charge is 0.366 e. The number of piperidine rings is 1. The standard InChI is InChI=1S/C20H21N5O2/c21-19(26)17-5-1-3-14-12-25(24-18(14)17)16-8-6-15(7-9-16)23-20(27)13-4-2-10-22-11-13/h1,3,5-9,12-13,22H,2,4,10-11H2,(H2,21,26)(H,23,27). The molecule has 1 fully saturated rings. The summed E-state index contributed by atoms with van der Waals surface area (Å²) in [5.74, 6) is -0.436. The number of amides is 2. The first kappa shape index (κ1) is 17.2. The van der Waals surface area contributed by atoms with Crippen LogP contribution >= 0.6 is 0 Å². The van der Waals surface area contributed by atoms with Crippen molar-refractivity contribution in [3.05, 3.63) is 54.2 Å². The minimum atomic E-state index is -0.499. The zero-order chi connectivity index (χ0) is 18.8. The van der Waals surface area contributed by atoms with Crippen molar-refractivity contribution in [1.29, 1.82) is 0 Å². The number of nitrogens with one attached hydrogen (secondary N) is 2. The molecule has 2 aromatic carbocycles. The van der Waals surface area contributed by atoms with Crippen LogP contribution in [0.1, 0.15) is 23.2 Å². The smallest absolute Gasteiger partial charge is 0.250 e. The highest BCUT2D eigenvalue weighted by atomic mass is 16.2. The third kappa shape index (κ3) is 3.54. The molecule has 1 atom stereocenters. The molecule has 27 heavy (non-hydrogen) atoms. The summed E-state index contributed by atoms with van der Waals surface area (Å²) in [4.78, 5) is 23.9. The third-order valence-electron chi connectivity index (χ3n) is 4.87. The molecular formula is C20H21N5O2. The number of fused-ring (bicyclic) bond motifs is 1. The first-order chi connectivity index (χ1) is 13.1. The minimum absolute atomic E-state index is 0.0158. The van der Waals surface area contributed by atoms with Crippen LogP contribution in [0.4, 0.5) is 5.69 Å². The van der Waals surface area contributed by atoms with Gasteiger partial charge >= 0.3 is 0 Å². The van der Waals surface area contributed by atoms with Gasteiger partial charge < -0.3 is 16.4 Å². The topological polar surface area (TPSA) is 102 Å². The van der Waals surface area contributed by atoms with Crippen molar-refractivity contribution < 1.29 is 9.59 Å². The van der Waals surface area contributed by atoms with Crippen molar-refractivity contribution in [2.45, 2.75) is 12.8 Å².